The summed E-state index contributed by atoms with van der Waals surface area (Å²) >= 11 is 0. The lowest BCUT2D eigenvalue weighted by Gasteiger charge is -2.05. The first kappa shape index (κ1) is 9.51. The van der Waals surface area contributed by atoms with E-state index in [2.05, 4.69) is 9.40 Å². The van der Waals surface area contributed by atoms with Crippen LogP contribution in [0, 0.1) is 6.92 Å². The number of aromatic nitrogens is 1. The van der Waals surface area contributed by atoms with Gasteiger partial charge in [0.2, 0.25) is 0 Å². The van der Waals surface area contributed by atoms with Crippen LogP contribution >= 0.6 is 0 Å². The molecule has 1 heterocycles. The molecular weight excluding hydrogens is 198 g/mol. The van der Waals surface area contributed by atoms with Crippen molar-refractivity contribution in [3.05, 3.63) is 38.7 Å². The lowest BCUT2D eigenvalue weighted by Crippen LogP contribution is -2.15. The lowest BCUT2D eigenvalue weighted by atomic mass is 10.1. The quantitative estimate of drug-likeness (QED) is 0.750. The van der Waals surface area contributed by atoms with E-state index >= 15 is 0 Å². The van der Waals surface area contributed by atoms with Crippen molar-refractivity contribution in [2.24, 2.45) is 0 Å². The van der Waals surface area contributed by atoms with E-state index in [9.17, 15) is 9.59 Å². The smallest absolute Gasteiger partial charge is 0.419 e. The molecule has 0 fully saturated rings. The molecule has 2 rings (SSSR count). The average molecular weight is 207 g/mol. The Balaban J connectivity index is 3.00. The fraction of sp³-hybridized carbons (Fsp3) is 0.200. The minimum Gasteiger partial charge on any atom is -0.496 e. The van der Waals surface area contributed by atoms with E-state index in [1.165, 1.54) is 7.11 Å². The summed E-state index contributed by atoms with van der Waals surface area (Å²) in [4.78, 5) is 24.8. The highest BCUT2D eigenvalue weighted by atomic mass is 16.5. The monoisotopic (exact) mass is 207 g/mol. The second-order valence-corrected chi connectivity index (χ2v) is 3.12. The van der Waals surface area contributed by atoms with Crippen molar-refractivity contribution < 1.29 is 9.15 Å². The molecule has 0 atom stereocenters. The number of rotatable bonds is 1. The van der Waals surface area contributed by atoms with Crippen LogP contribution in [0.4, 0.5) is 0 Å². The topological polar surface area (TPSA) is 72.3 Å². The molecule has 0 aliphatic rings. The molecule has 15 heavy (non-hydrogen) atoms. The van der Waals surface area contributed by atoms with Crippen molar-refractivity contribution >= 4 is 10.9 Å². The van der Waals surface area contributed by atoms with Crippen molar-refractivity contribution in [2.75, 3.05) is 7.11 Å². The Bertz CT molecular complexity index is 623. The van der Waals surface area contributed by atoms with E-state index in [0.29, 0.717) is 22.2 Å². The SMILES string of the molecule is COc1ccc2[nH]c(=O)oc(=O)c2c1C. The number of aryl methyl sites for hydroxylation is 1. The van der Waals surface area contributed by atoms with Crippen LogP contribution in [0.1, 0.15) is 5.56 Å². The molecule has 78 valence electrons. The molecule has 5 nitrogen and oxygen atoms in total. The molecule has 0 saturated heterocycles. The summed E-state index contributed by atoms with van der Waals surface area (Å²) in [5, 5.41) is 0.342. The van der Waals surface area contributed by atoms with Gasteiger partial charge in [-0.1, -0.05) is 0 Å². The molecule has 0 aliphatic carbocycles. The lowest BCUT2D eigenvalue weighted by molar-refractivity contribution is 0.411. The largest absolute Gasteiger partial charge is 0.496 e. The van der Waals surface area contributed by atoms with E-state index in [4.69, 9.17) is 4.74 Å². The number of nitrogens with one attached hydrogen (secondary N) is 1. The Morgan fingerprint density at radius 2 is 2.07 bits per heavy atom. The van der Waals surface area contributed by atoms with Crippen LogP contribution in [0.3, 0.4) is 0 Å². The molecule has 0 amide bonds. The number of hydrogen-bond donors (Lipinski definition) is 1. The third kappa shape index (κ3) is 1.41. The zero-order valence-electron chi connectivity index (χ0n) is 8.29. The number of aromatic amines is 1. The molecule has 1 N–H and O–H groups in total. The Morgan fingerprint density at radius 3 is 2.73 bits per heavy atom. The molecule has 0 saturated carbocycles. The first-order chi connectivity index (χ1) is 7.13. The van der Waals surface area contributed by atoms with E-state index in [1.807, 2.05) is 0 Å². The molecule has 2 aromatic rings. The Morgan fingerprint density at radius 1 is 1.33 bits per heavy atom. The molecule has 0 spiro atoms. The zero-order chi connectivity index (χ0) is 11.0. The second-order valence-electron chi connectivity index (χ2n) is 3.12. The van der Waals surface area contributed by atoms with Crippen LogP contribution in [-0.2, 0) is 0 Å². The molecule has 0 aliphatic heterocycles. The second kappa shape index (κ2) is 3.27. The summed E-state index contributed by atoms with van der Waals surface area (Å²) in [5.41, 5.74) is 0.458. The van der Waals surface area contributed by atoms with Gasteiger partial charge in [0.25, 0.3) is 0 Å². The summed E-state index contributed by atoms with van der Waals surface area (Å²) in [7, 11) is 1.52. The van der Waals surface area contributed by atoms with Gasteiger partial charge in [-0.3, -0.25) is 4.98 Å². The van der Waals surface area contributed by atoms with Crippen LogP contribution in [0.5, 0.6) is 5.75 Å². The number of hydrogen-bond acceptors (Lipinski definition) is 4. The van der Waals surface area contributed by atoms with Crippen LogP contribution in [0.15, 0.2) is 26.1 Å². The molecule has 0 unspecified atom stereocenters. The number of H-pyrrole nitrogens is 1. The summed E-state index contributed by atoms with van der Waals surface area (Å²) in [6, 6.07) is 3.30. The van der Waals surface area contributed by atoms with Gasteiger partial charge in [0, 0.05) is 5.56 Å². The van der Waals surface area contributed by atoms with E-state index in [-0.39, 0.29) is 0 Å². The van der Waals surface area contributed by atoms with Gasteiger partial charge in [0.1, 0.15) is 5.75 Å². The van der Waals surface area contributed by atoms with Crippen LogP contribution in [0.2, 0.25) is 0 Å². The molecular formula is C10H9NO4. The van der Waals surface area contributed by atoms with Gasteiger partial charge in [-0.05, 0) is 19.1 Å². The predicted octanol–water partition coefficient (Wildman–Crippen LogP) is 0.798. The fourth-order valence-electron chi connectivity index (χ4n) is 1.55. The minimum atomic E-state index is -0.753. The predicted molar refractivity (Wildman–Crippen MR) is 54.4 cm³/mol. The van der Waals surface area contributed by atoms with Gasteiger partial charge < -0.3 is 9.15 Å². The molecule has 0 radical (unpaired) electrons. The molecule has 1 aromatic heterocycles. The van der Waals surface area contributed by atoms with Crippen molar-refractivity contribution in [2.45, 2.75) is 6.92 Å². The van der Waals surface area contributed by atoms with E-state index < -0.39 is 11.4 Å². The molecule has 0 bridgehead atoms. The van der Waals surface area contributed by atoms with Gasteiger partial charge in [0.15, 0.2) is 0 Å². The number of fused-ring (bicyclic) bond motifs is 1. The molecule has 5 heteroatoms. The maximum atomic E-state index is 11.4. The van der Waals surface area contributed by atoms with Gasteiger partial charge in [-0.15, -0.1) is 0 Å². The minimum absolute atomic E-state index is 0.342. The first-order valence-corrected chi connectivity index (χ1v) is 4.34. The van der Waals surface area contributed by atoms with Crippen molar-refractivity contribution in [1.29, 1.82) is 0 Å². The third-order valence-electron chi connectivity index (χ3n) is 2.26. The van der Waals surface area contributed by atoms with Crippen LogP contribution in [-0.4, -0.2) is 12.1 Å². The summed E-state index contributed by atoms with van der Waals surface area (Å²) < 4.78 is 9.51. The van der Waals surface area contributed by atoms with Gasteiger partial charge >= 0.3 is 11.4 Å². The highest BCUT2D eigenvalue weighted by Crippen LogP contribution is 2.22. The van der Waals surface area contributed by atoms with Crippen molar-refractivity contribution in [1.82, 2.24) is 4.98 Å². The summed E-state index contributed by atoms with van der Waals surface area (Å²) in [5.74, 6) is -0.168. The Labute approximate surface area is 84.3 Å². The van der Waals surface area contributed by atoms with E-state index in [0.717, 1.165) is 0 Å². The number of ether oxygens (including phenoxy) is 1. The van der Waals surface area contributed by atoms with Gasteiger partial charge in [0.05, 0.1) is 18.0 Å². The van der Waals surface area contributed by atoms with E-state index in [1.54, 1.807) is 19.1 Å². The first-order valence-electron chi connectivity index (χ1n) is 4.34. The molecule has 1 aromatic carbocycles. The maximum absolute atomic E-state index is 11.4. The summed E-state index contributed by atoms with van der Waals surface area (Å²) in [6.07, 6.45) is 0. The standard InChI is InChI=1S/C10H9NO4/c1-5-7(14-2)4-3-6-8(5)9(12)15-10(13)11-6/h3-4H,1-2H3,(H,11,13). The third-order valence-corrected chi connectivity index (χ3v) is 2.26. The van der Waals surface area contributed by atoms with Crippen molar-refractivity contribution in [3.8, 4) is 5.75 Å². The summed E-state index contributed by atoms with van der Waals surface area (Å²) in [6.45, 7) is 1.73. The maximum Gasteiger partial charge on any atom is 0.419 e. The van der Waals surface area contributed by atoms with Crippen molar-refractivity contribution in [3.63, 3.8) is 0 Å². The average Bonchev–Trinajstić information content (AvgIpc) is 2.17. The zero-order valence-corrected chi connectivity index (χ0v) is 8.29. The van der Waals surface area contributed by atoms with Gasteiger partial charge in [-0.2, -0.15) is 0 Å². The Kier molecular flexibility index (Phi) is 2.07. The van der Waals surface area contributed by atoms with Crippen LogP contribution < -0.4 is 16.1 Å². The van der Waals surface area contributed by atoms with Gasteiger partial charge in [-0.25, -0.2) is 9.59 Å². The normalized spacial score (nSPS) is 10.5. The highest BCUT2D eigenvalue weighted by molar-refractivity contribution is 5.82. The highest BCUT2D eigenvalue weighted by Gasteiger charge is 2.09. The fourth-order valence-corrected chi connectivity index (χ4v) is 1.55. The van der Waals surface area contributed by atoms with Crippen LogP contribution in [0.25, 0.3) is 10.9 Å². The Hall–Kier alpha value is -2.04. The number of methoxy groups -OCH3 is 1. The number of benzene rings is 1.